The number of nitrogens with zero attached hydrogens (tertiary/aromatic N) is 1. The molecule has 0 aliphatic heterocycles. The number of carbonyl (C=O) groups is 1. The summed E-state index contributed by atoms with van der Waals surface area (Å²) in [5, 5.41) is 12.9. The first-order valence-electron chi connectivity index (χ1n) is 8.00. The van der Waals surface area contributed by atoms with E-state index in [2.05, 4.69) is 10.1 Å². The summed E-state index contributed by atoms with van der Waals surface area (Å²) in [5.41, 5.74) is 0.00461. The van der Waals surface area contributed by atoms with Crippen molar-refractivity contribution in [3.63, 3.8) is 0 Å². The van der Waals surface area contributed by atoms with Gasteiger partial charge in [-0.25, -0.2) is 4.39 Å². The maximum absolute atomic E-state index is 13.3. The minimum absolute atomic E-state index is 0.126. The standard InChI is InChI=1S/C18H12F6N2O4/c19-16(17(20,21)22)18(23,24)30-14-6-2-4-12(10-14)25-15(27)8-7-11-3-1-5-13(9-11)26(28)29/h1-10,16H,(H,25,27)/b8-7+. The highest BCUT2D eigenvalue weighted by molar-refractivity contribution is 6.02. The SMILES string of the molecule is O=C(/C=C/c1cccc([N+](=O)[O-])c1)Nc1cccc(OC(F)(F)C(F)C(F)(F)F)c1. The van der Waals surface area contributed by atoms with Crippen molar-refractivity contribution < 1.29 is 40.8 Å². The van der Waals surface area contributed by atoms with Gasteiger partial charge < -0.3 is 10.1 Å². The number of nitro benzene ring substituents is 1. The molecule has 0 aliphatic carbocycles. The van der Waals surface area contributed by atoms with Crippen LogP contribution in [0.4, 0.5) is 37.7 Å². The number of nitro groups is 1. The Bertz CT molecular complexity index is 962. The molecular weight excluding hydrogens is 422 g/mol. The lowest BCUT2D eigenvalue weighted by Gasteiger charge is -2.23. The Kier molecular flexibility index (Phi) is 6.70. The number of rotatable bonds is 7. The number of anilines is 1. The topological polar surface area (TPSA) is 81.5 Å². The highest BCUT2D eigenvalue weighted by atomic mass is 19.4. The lowest BCUT2D eigenvalue weighted by atomic mass is 10.2. The van der Waals surface area contributed by atoms with Crippen molar-refractivity contribution >= 4 is 23.4 Å². The number of halogens is 6. The molecule has 0 aliphatic rings. The van der Waals surface area contributed by atoms with Gasteiger partial charge in [0.1, 0.15) is 5.75 Å². The fourth-order valence-corrected chi connectivity index (χ4v) is 2.13. The number of benzene rings is 2. The van der Waals surface area contributed by atoms with E-state index in [9.17, 15) is 41.3 Å². The average molecular weight is 434 g/mol. The molecule has 1 amide bonds. The minimum Gasteiger partial charge on any atom is -0.430 e. The molecule has 160 valence electrons. The third-order valence-corrected chi connectivity index (χ3v) is 3.45. The number of carbonyl (C=O) groups excluding carboxylic acids is 1. The highest BCUT2D eigenvalue weighted by Crippen LogP contribution is 2.36. The molecule has 1 atom stereocenters. The Hall–Kier alpha value is -3.57. The summed E-state index contributed by atoms with van der Waals surface area (Å²) >= 11 is 0. The Morgan fingerprint density at radius 1 is 1.10 bits per heavy atom. The quantitative estimate of drug-likeness (QED) is 0.284. The largest absolute Gasteiger partial charge is 0.439 e. The van der Waals surface area contributed by atoms with Gasteiger partial charge in [0.2, 0.25) is 5.91 Å². The summed E-state index contributed by atoms with van der Waals surface area (Å²) < 4.78 is 79.8. The van der Waals surface area contributed by atoms with E-state index in [4.69, 9.17) is 0 Å². The van der Waals surface area contributed by atoms with Crippen LogP contribution in [0, 0.1) is 10.1 Å². The van der Waals surface area contributed by atoms with Gasteiger partial charge in [-0.3, -0.25) is 14.9 Å². The van der Waals surface area contributed by atoms with Crippen molar-refractivity contribution in [2.45, 2.75) is 18.5 Å². The molecule has 1 N–H and O–H groups in total. The number of amides is 1. The lowest BCUT2D eigenvalue weighted by molar-refractivity contribution is -0.384. The summed E-state index contributed by atoms with van der Waals surface area (Å²) in [4.78, 5) is 22.0. The maximum Gasteiger partial charge on any atom is 0.439 e. The molecule has 0 heterocycles. The molecule has 6 nitrogen and oxygen atoms in total. The van der Waals surface area contributed by atoms with E-state index in [1.54, 1.807) is 0 Å². The van der Waals surface area contributed by atoms with Gasteiger partial charge in [-0.1, -0.05) is 18.2 Å². The molecule has 12 heteroatoms. The molecule has 0 bridgehead atoms. The predicted molar refractivity (Wildman–Crippen MR) is 93.7 cm³/mol. The van der Waals surface area contributed by atoms with Gasteiger partial charge in [0.25, 0.3) is 11.9 Å². The Balaban J connectivity index is 2.07. The first-order chi connectivity index (χ1) is 13.9. The zero-order valence-electron chi connectivity index (χ0n) is 14.7. The summed E-state index contributed by atoms with van der Waals surface area (Å²) in [6.07, 6.45) is -13.3. The van der Waals surface area contributed by atoms with Gasteiger partial charge in [-0.15, -0.1) is 0 Å². The summed E-state index contributed by atoms with van der Waals surface area (Å²) in [6, 6.07) is 9.28. The second kappa shape index (κ2) is 8.84. The Labute approximate surface area is 164 Å². The van der Waals surface area contributed by atoms with E-state index in [1.165, 1.54) is 36.4 Å². The molecule has 0 saturated carbocycles. The van der Waals surface area contributed by atoms with Crippen molar-refractivity contribution in [1.29, 1.82) is 0 Å². The van der Waals surface area contributed by atoms with Crippen LogP contribution < -0.4 is 10.1 Å². The number of hydrogen-bond acceptors (Lipinski definition) is 4. The highest BCUT2D eigenvalue weighted by Gasteiger charge is 2.59. The van der Waals surface area contributed by atoms with Crippen LogP contribution >= 0.6 is 0 Å². The van der Waals surface area contributed by atoms with Crippen LogP contribution in [-0.4, -0.2) is 29.3 Å². The van der Waals surface area contributed by atoms with Crippen molar-refractivity contribution in [3.05, 3.63) is 70.3 Å². The summed E-state index contributed by atoms with van der Waals surface area (Å²) in [6.45, 7) is 0. The van der Waals surface area contributed by atoms with Crippen LogP contribution in [0.25, 0.3) is 6.08 Å². The second-order valence-electron chi connectivity index (χ2n) is 5.77. The van der Waals surface area contributed by atoms with Crippen LogP contribution in [0.15, 0.2) is 54.6 Å². The predicted octanol–water partition coefficient (Wildman–Crippen LogP) is 5.12. The van der Waals surface area contributed by atoms with Crippen molar-refractivity contribution in [3.8, 4) is 5.75 Å². The molecule has 0 saturated heterocycles. The number of non-ortho nitro benzene ring substituents is 1. The Morgan fingerprint density at radius 2 is 1.77 bits per heavy atom. The number of nitrogens with one attached hydrogen (secondary N) is 1. The van der Waals surface area contributed by atoms with E-state index >= 15 is 0 Å². The molecule has 2 aromatic carbocycles. The van der Waals surface area contributed by atoms with Gasteiger partial charge in [0.05, 0.1) is 4.92 Å². The molecule has 0 radical (unpaired) electrons. The minimum atomic E-state index is -5.83. The molecule has 2 aromatic rings. The van der Waals surface area contributed by atoms with Gasteiger partial charge in [-0.05, 0) is 23.8 Å². The molecular formula is C18H12F6N2O4. The summed E-state index contributed by atoms with van der Waals surface area (Å²) in [5.74, 6) is -1.59. The zero-order chi connectivity index (χ0) is 22.5. The van der Waals surface area contributed by atoms with Gasteiger partial charge in [-0.2, -0.15) is 22.0 Å². The normalized spacial score (nSPS) is 13.1. The number of alkyl halides is 6. The van der Waals surface area contributed by atoms with E-state index in [-0.39, 0.29) is 11.4 Å². The van der Waals surface area contributed by atoms with Crippen LogP contribution in [0.3, 0.4) is 0 Å². The van der Waals surface area contributed by atoms with Crippen molar-refractivity contribution in [1.82, 2.24) is 0 Å². The smallest absolute Gasteiger partial charge is 0.430 e. The monoisotopic (exact) mass is 434 g/mol. The number of ether oxygens (including phenoxy) is 1. The third-order valence-electron chi connectivity index (χ3n) is 3.45. The molecule has 0 fully saturated rings. The fourth-order valence-electron chi connectivity index (χ4n) is 2.13. The van der Waals surface area contributed by atoms with Crippen LogP contribution in [-0.2, 0) is 4.79 Å². The average Bonchev–Trinajstić information content (AvgIpc) is 2.65. The Morgan fingerprint density at radius 3 is 2.40 bits per heavy atom. The van der Waals surface area contributed by atoms with Gasteiger partial charge >= 0.3 is 12.3 Å². The lowest BCUT2D eigenvalue weighted by Crippen LogP contribution is -2.45. The first-order valence-corrected chi connectivity index (χ1v) is 8.00. The first kappa shape index (κ1) is 22.7. The molecule has 30 heavy (non-hydrogen) atoms. The van der Waals surface area contributed by atoms with Gasteiger partial charge in [0, 0.05) is 30.0 Å². The fraction of sp³-hybridized carbons (Fsp3) is 0.167. The van der Waals surface area contributed by atoms with Crippen LogP contribution in [0.1, 0.15) is 5.56 Å². The van der Waals surface area contributed by atoms with Crippen molar-refractivity contribution in [2.75, 3.05) is 5.32 Å². The van der Waals surface area contributed by atoms with E-state index in [0.717, 1.165) is 24.3 Å². The van der Waals surface area contributed by atoms with Crippen molar-refractivity contribution in [2.24, 2.45) is 0 Å². The van der Waals surface area contributed by atoms with Gasteiger partial charge in [0.15, 0.2) is 0 Å². The van der Waals surface area contributed by atoms with Crippen LogP contribution in [0.5, 0.6) is 5.75 Å². The zero-order valence-corrected chi connectivity index (χ0v) is 14.7. The molecule has 0 spiro atoms. The van der Waals surface area contributed by atoms with E-state index in [0.29, 0.717) is 5.56 Å². The van der Waals surface area contributed by atoms with E-state index in [1.807, 2.05) is 0 Å². The molecule has 0 aromatic heterocycles. The van der Waals surface area contributed by atoms with E-state index < -0.39 is 35.0 Å². The summed E-state index contributed by atoms with van der Waals surface area (Å²) in [7, 11) is 0. The molecule has 1 unspecified atom stereocenters. The maximum atomic E-state index is 13.3. The second-order valence-corrected chi connectivity index (χ2v) is 5.77. The van der Waals surface area contributed by atoms with Crippen LogP contribution in [0.2, 0.25) is 0 Å². The number of hydrogen-bond donors (Lipinski definition) is 1. The third kappa shape index (κ3) is 6.22. The molecule has 2 rings (SSSR count).